The first-order valence-corrected chi connectivity index (χ1v) is 8.62. The molecule has 2 aromatic rings. The number of thiazole rings is 1. The van der Waals surface area contributed by atoms with Gasteiger partial charge in [-0.25, -0.2) is 19.3 Å². The van der Waals surface area contributed by atoms with E-state index in [1.807, 2.05) is 0 Å². The summed E-state index contributed by atoms with van der Waals surface area (Å²) in [5.74, 6) is -0.279. The number of carbonyl (C=O) groups is 1. The van der Waals surface area contributed by atoms with Crippen molar-refractivity contribution in [2.75, 3.05) is 25.0 Å². The Hall–Kier alpha value is -2.01. The van der Waals surface area contributed by atoms with E-state index in [2.05, 4.69) is 25.2 Å². The quantitative estimate of drug-likeness (QED) is 0.811. The van der Waals surface area contributed by atoms with Crippen molar-refractivity contribution in [1.29, 1.82) is 0 Å². The van der Waals surface area contributed by atoms with Gasteiger partial charge in [-0.15, -0.1) is 11.3 Å². The molecule has 134 valence electrons. The molecule has 3 heterocycles. The highest BCUT2D eigenvalue weighted by molar-refractivity contribution is 7.15. The number of ether oxygens (including phenoxy) is 1. The van der Waals surface area contributed by atoms with E-state index in [4.69, 9.17) is 10.5 Å². The number of aromatic nitrogens is 3. The topological polar surface area (TPSA) is 106 Å². The van der Waals surface area contributed by atoms with Crippen molar-refractivity contribution >= 4 is 22.4 Å². The second-order valence-electron chi connectivity index (χ2n) is 5.74. The predicted octanol–water partition coefficient (Wildman–Crippen LogP) is 0.931. The normalized spacial score (nSPS) is 19.6. The van der Waals surface area contributed by atoms with Crippen LogP contribution in [0, 0.1) is 5.82 Å². The number of nitrogens with one attached hydrogen (secondary N) is 1. The van der Waals surface area contributed by atoms with Gasteiger partial charge in [-0.3, -0.25) is 9.69 Å². The summed E-state index contributed by atoms with van der Waals surface area (Å²) in [6, 6.07) is -0.528. The summed E-state index contributed by atoms with van der Waals surface area (Å²) in [6.07, 6.45) is 3.68. The number of hydrogen-bond acceptors (Lipinski definition) is 8. The molecule has 1 saturated heterocycles. The van der Waals surface area contributed by atoms with E-state index < -0.39 is 11.9 Å². The molecule has 8 nitrogen and oxygen atoms in total. The van der Waals surface area contributed by atoms with Crippen LogP contribution in [0.1, 0.15) is 23.7 Å². The van der Waals surface area contributed by atoms with E-state index in [0.29, 0.717) is 30.7 Å². The number of amides is 1. The molecule has 10 heteroatoms. The minimum atomic E-state index is -0.528. The van der Waals surface area contributed by atoms with E-state index in [-0.39, 0.29) is 12.0 Å². The molecule has 2 atom stereocenters. The van der Waals surface area contributed by atoms with Crippen LogP contribution >= 0.6 is 11.3 Å². The third-order valence-corrected chi connectivity index (χ3v) is 4.63. The van der Waals surface area contributed by atoms with Gasteiger partial charge in [0, 0.05) is 37.6 Å². The number of morpholine rings is 1. The number of hydrogen-bond donors (Lipinski definition) is 2. The van der Waals surface area contributed by atoms with Crippen molar-refractivity contribution in [1.82, 2.24) is 19.9 Å². The molecule has 1 aliphatic rings. The summed E-state index contributed by atoms with van der Waals surface area (Å²) in [4.78, 5) is 26.4. The molecule has 0 radical (unpaired) electrons. The predicted molar refractivity (Wildman–Crippen MR) is 90.4 cm³/mol. The van der Waals surface area contributed by atoms with Gasteiger partial charge in [0.25, 0.3) is 0 Å². The van der Waals surface area contributed by atoms with Gasteiger partial charge in [0.1, 0.15) is 5.82 Å². The summed E-state index contributed by atoms with van der Waals surface area (Å²) >= 11 is 1.44. The fraction of sp³-hybridized carbons (Fsp3) is 0.467. The average molecular weight is 366 g/mol. The Balaban J connectivity index is 1.60. The number of nitrogens with zero attached hydrogens (tertiary/aromatic N) is 4. The Bertz CT molecular complexity index is 725. The fourth-order valence-electron chi connectivity index (χ4n) is 2.56. The van der Waals surface area contributed by atoms with Gasteiger partial charge in [-0.1, -0.05) is 0 Å². The number of rotatable bonds is 5. The molecule has 1 fully saturated rings. The van der Waals surface area contributed by atoms with Gasteiger partial charge < -0.3 is 15.8 Å². The lowest BCUT2D eigenvalue weighted by Gasteiger charge is -2.34. The Morgan fingerprint density at radius 3 is 2.96 bits per heavy atom. The SMILES string of the molecule is CC(=O)Nc1ncc(CN2CCO[C@@H]([C@@H](N)c3ncc(F)cn3)C2)s1. The minimum absolute atomic E-state index is 0.141. The molecule has 2 aromatic heterocycles. The Labute approximate surface area is 148 Å². The zero-order valence-electron chi connectivity index (χ0n) is 13.7. The Kier molecular flexibility index (Phi) is 5.63. The van der Waals surface area contributed by atoms with Crippen LogP contribution in [-0.4, -0.2) is 51.6 Å². The number of nitrogens with two attached hydrogens (primary N) is 1. The molecule has 3 N–H and O–H groups in total. The van der Waals surface area contributed by atoms with Crippen LogP contribution < -0.4 is 11.1 Å². The largest absolute Gasteiger partial charge is 0.373 e. The van der Waals surface area contributed by atoms with Crippen molar-refractivity contribution in [3.63, 3.8) is 0 Å². The van der Waals surface area contributed by atoms with Crippen molar-refractivity contribution in [2.45, 2.75) is 25.6 Å². The maximum absolute atomic E-state index is 12.9. The highest BCUT2D eigenvalue weighted by atomic mass is 32.1. The highest BCUT2D eigenvalue weighted by Crippen LogP contribution is 2.23. The van der Waals surface area contributed by atoms with E-state index in [0.717, 1.165) is 23.8 Å². The summed E-state index contributed by atoms with van der Waals surface area (Å²) in [5, 5.41) is 3.26. The van der Waals surface area contributed by atoms with Gasteiger partial charge >= 0.3 is 0 Å². The average Bonchev–Trinajstić information content (AvgIpc) is 3.01. The molecule has 1 amide bonds. The molecule has 25 heavy (non-hydrogen) atoms. The van der Waals surface area contributed by atoms with E-state index in [9.17, 15) is 9.18 Å². The second kappa shape index (κ2) is 7.91. The van der Waals surface area contributed by atoms with Crippen LogP contribution in [0.4, 0.5) is 9.52 Å². The zero-order valence-corrected chi connectivity index (χ0v) is 14.5. The van der Waals surface area contributed by atoms with Crippen molar-refractivity contribution < 1.29 is 13.9 Å². The van der Waals surface area contributed by atoms with Crippen LogP contribution in [0.3, 0.4) is 0 Å². The van der Waals surface area contributed by atoms with Crippen molar-refractivity contribution in [3.8, 4) is 0 Å². The third kappa shape index (κ3) is 4.75. The maximum atomic E-state index is 12.9. The van der Waals surface area contributed by atoms with E-state index in [1.54, 1.807) is 6.20 Å². The molecule has 0 spiro atoms. The van der Waals surface area contributed by atoms with Crippen molar-refractivity contribution in [3.05, 3.63) is 35.1 Å². The molecule has 0 aromatic carbocycles. The first-order chi connectivity index (χ1) is 12.0. The van der Waals surface area contributed by atoms with Gasteiger partial charge in [0.15, 0.2) is 10.9 Å². The number of anilines is 1. The van der Waals surface area contributed by atoms with E-state index >= 15 is 0 Å². The second-order valence-corrected chi connectivity index (χ2v) is 6.86. The standard InChI is InChI=1S/C15H19FN6O2S/c1-9(23)21-15-20-6-11(25-15)7-22-2-3-24-12(8-22)13(17)14-18-4-10(16)5-19-14/h4-6,12-13H,2-3,7-8,17H2,1H3,(H,20,21,23)/t12-,13-/m1/s1. The minimum Gasteiger partial charge on any atom is -0.373 e. The Morgan fingerprint density at radius 2 is 2.24 bits per heavy atom. The van der Waals surface area contributed by atoms with Crippen LogP contribution in [0.5, 0.6) is 0 Å². The smallest absolute Gasteiger partial charge is 0.223 e. The summed E-state index contributed by atoms with van der Waals surface area (Å²) in [5.41, 5.74) is 6.18. The van der Waals surface area contributed by atoms with Crippen LogP contribution in [0.25, 0.3) is 0 Å². The first-order valence-electron chi connectivity index (χ1n) is 7.80. The lowest BCUT2D eigenvalue weighted by atomic mass is 10.1. The number of carbonyl (C=O) groups excluding carboxylic acids is 1. The van der Waals surface area contributed by atoms with Gasteiger partial charge in [-0.2, -0.15) is 0 Å². The van der Waals surface area contributed by atoms with Crippen molar-refractivity contribution in [2.24, 2.45) is 5.73 Å². The van der Waals surface area contributed by atoms with Crippen LogP contribution in [0.2, 0.25) is 0 Å². The fourth-order valence-corrected chi connectivity index (χ4v) is 3.46. The van der Waals surface area contributed by atoms with Gasteiger partial charge in [0.2, 0.25) is 5.91 Å². The van der Waals surface area contributed by atoms with Crippen LogP contribution in [0.15, 0.2) is 18.6 Å². The third-order valence-electron chi connectivity index (χ3n) is 3.73. The van der Waals surface area contributed by atoms with Gasteiger partial charge in [0.05, 0.1) is 31.1 Å². The molecule has 3 rings (SSSR count). The molecule has 0 bridgehead atoms. The number of halogens is 1. The lowest BCUT2D eigenvalue weighted by molar-refractivity contribution is -0.114. The van der Waals surface area contributed by atoms with E-state index in [1.165, 1.54) is 18.3 Å². The molecule has 0 unspecified atom stereocenters. The molecule has 0 saturated carbocycles. The lowest BCUT2D eigenvalue weighted by Crippen LogP contribution is -2.46. The monoisotopic (exact) mass is 366 g/mol. The highest BCUT2D eigenvalue weighted by Gasteiger charge is 2.28. The molecule has 1 aliphatic heterocycles. The zero-order chi connectivity index (χ0) is 17.8. The van der Waals surface area contributed by atoms with Gasteiger partial charge in [-0.05, 0) is 0 Å². The molecular formula is C15H19FN6O2S. The molecule has 0 aliphatic carbocycles. The first kappa shape index (κ1) is 17.8. The summed E-state index contributed by atoms with van der Waals surface area (Å²) in [7, 11) is 0. The van der Waals surface area contributed by atoms with Crippen LogP contribution in [-0.2, 0) is 16.1 Å². The maximum Gasteiger partial charge on any atom is 0.223 e. The summed E-state index contributed by atoms with van der Waals surface area (Å²) < 4.78 is 18.7. The Morgan fingerprint density at radius 1 is 1.48 bits per heavy atom. The molecular weight excluding hydrogens is 347 g/mol. The summed E-state index contributed by atoms with van der Waals surface area (Å²) in [6.45, 7) is 4.05.